The molecule has 2 unspecified atom stereocenters. The molecule has 0 N–H and O–H groups in total. The predicted molar refractivity (Wildman–Crippen MR) is 109 cm³/mol. The van der Waals surface area contributed by atoms with Gasteiger partial charge in [0.25, 0.3) is 0 Å². The lowest BCUT2D eigenvalue weighted by Gasteiger charge is -2.60. The van der Waals surface area contributed by atoms with Crippen molar-refractivity contribution in [3.05, 3.63) is 46.6 Å². The first-order valence-electron chi connectivity index (χ1n) is 11.0. The number of hydrogen-bond donors (Lipinski definition) is 0. The molecule has 4 bridgehead atoms. The Bertz CT molecular complexity index is 1240. The molecule has 0 amide bonds. The van der Waals surface area contributed by atoms with Gasteiger partial charge in [0.2, 0.25) is 18.6 Å². The molecule has 0 radical (unpaired) electrons. The molecule has 2 aromatic heterocycles. The lowest BCUT2D eigenvalue weighted by atomic mass is 9.47. The summed E-state index contributed by atoms with van der Waals surface area (Å²) in [7, 11) is 0. The second-order valence-electron chi connectivity index (χ2n) is 9.85. The van der Waals surface area contributed by atoms with E-state index >= 15 is 0 Å². The minimum atomic E-state index is -0.380. The molecule has 3 heterocycles. The van der Waals surface area contributed by atoms with Crippen LogP contribution in [0.15, 0.2) is 35.0 Å². The third-order valence-corrected chi connectivity index (χ3v) is 7.79. The van der Waals surface area contributed by atoms with Crippen molar-refractivity contribution in [3.8, 4) is 23.0 Å². The first kappa shape index (κ1) is 18.2. The van der Waals surface area contributed by atoms with Gasteiger partial charge >= 0.3 is 5.69 Å². The van der Waals surface area contributed by atoms with Crippen molar-refractivity contribution in [2.75, 3.05) is 6.79 Å². The van der Waals surface area contributed by atoms with Crippen LogP contribution in [0, 0.1) is 22.0 Å². The number of nitrogens with zero attached hydrogens (tertiary/aromatic N) is 5. The quantitative estimate of drug-likeness (QED) is 0.448. The summed E-state index contributed by atoms with van der Waals surface area (Å²) >= 11 is 0. The zero-order chi connectivity index (χ0) is 21.5. The molecule has 164 valence electrons. The molecule has 8 rings (SSSR count). The van der Waals surface area contributed by atoms with Gasteiger partial charge in [0.05, 0.1) is 15.9 Å². The van der Waals surface area contributed by atoms with Crippen molar-refractivity contribution in [2.24, 2.45) is 11.8 Å². The molecule has 0 spiro atoms. The van der Waals surface area contributed by atoms with E-state index in [4.69, 9.17) is 13.9 Å². The molecule has 4 fully saturated rings. The number of fused-ring (bicyclic) bond motifs is 1. The van der Waals surface area contributed by atoms with Gasteiger partial charge in [-0.15, -0.1) is 10.2 Å². The normalized spacial score (nSPS) is 31.9. The van der Waals surface area contributed by atoms with Crippen molar-refractivity contribution in [2.45, 2.75) is 49.5 Å². The molecule has 32 heavy (non-hydrogen) atoms. The molecule has 3 aromatic rings. The number of nitro groups is 1. The molecule has 0 saturated heterocycles. The van der Waals surface area contributed by atoms with Gasteiger partial charge in [0.1, 0.15) is 12.4 Å². The fraction of sp³-hybridized carbons (Fsp3) is 0.500. The van der Waals surface area contributed by atoms with Gasteiger partial charge in [-0.05, 0) is 68.6 Å². The maximum Gasteiger partial charge on any atom is 0.307 e. The van der Waals surface area contributed by atoms with E-state index in [1.54, 1.807) is 6.20 Å². The van der Waals surface area contributed by atoms with E-state index in [1.165, 1.54) is 12.6 Å². The Kier molecular flexibility index (Phi) is 3.45. The van der Waals surface area contributed by atoms with Crippen LogP contribution in [0.25, 0.3) is 11.5 Å². The van der Waals surface area contributed by atoms with Crippen molar-refractivity contribution in [3.63, 3.8) is 0 Å². The first-order valence-corrected chi connectivity index (χ1v) is 11.0. The van der Waals surface area contributed by atoms with Crippen molar-refractivity contribution in [1.82, 2.24) is 20.0 Å². The molecular formula is C22H21N5O5. The summed E-state index contributed by atoms with van der Waals surface area (Å²) in [6, 6.07) is 5.62. The van der Waals surface area contributed by atoms with Gasteiger partial charge in [-0.1, -0.05) is 0 Å². The zero-order valence-electron chi connectivity index (χ0n) is 17.3. The van der Waals surface area contributed by atoms with Gasteiger partial charge in [-0.3, -0.25) is 14.8 Å². The standard InChI is InChI=1S/C22H21N5O5/c28-27(29)16-9-23-26(10-16)22-7-13-3-14(8-22)6-21(5-13,11-22)20-25-24-19(32-20)15-1-2-17-18(4-15)31-12-30-17/h1-2,4,9-10,13-14H,3,5-8,11-12H2. The van der Waals surface area contributed by atoms with E-state index in [-0.39, 0.29) is 28.4 Å². The monoisotopic (exact) mass is 435 g/mol. The summed E-state index contributed by atoms with van der Waals surface area (Å²) < 4.78 is 19.0. The third kappa shape index (κ3) is 2.49. The second kappa shape index (κ2) is 6.08. The highest BCUT2D eigenvalue weighted by Gasteiger charge is 2.61. The minimum absolute atomic E-state index is 0.0395. The van der Waals surface area contributed by atoms with E-state index in [0.29, 0.717) is 35.1 Å². The van der Waals surface area contributed by atoms with Gasteiger partial charge in [-0.2, -0.15) is 5.10 Å². The van der Waals surface area contributed by atoms with E-state index in [9.17, 15) is 10.1 Å². The SMILES string of the molecule is O=[N+]([O-])c1cnn(C23CC4CC(CC(c5nnc(-c6ccc7c(c6)OCO7)o5)(C4)C2)C3)c1. The highest BCUT2D eigenvalue weighted by molar-refractivity contribution is 5.60. The van der Waals surface area contributed by atoms with Crippen molar-refractivity contribution in [1.29, 1.82) is 0 Å². The topological polar surface area (TPSA) is 118 Å². The minimum Gasteiger partial charge on any atom is -0.454 e. The number of aromatic nitrogens is 4. The molecule has 2 atom stereocenters. The largest absolute Gasteiger partial charge is 0.454 e. The summed E-state index contributed by atoms with van der Waals surface area (Å²) in [5.41, 5.74) is 0.394. The van der Waals surface area contributed by atoms with Crippen LogP contribution in [0.1, 0.15) is 44.4 Å². The van der Waals surface area contributed by atoms with Crippen LogP contribution in [-0.4, -0.2) is 31.7 Å². The second-order valence-corrected chi connectivity index (χ2v) is 9.85. The Morgan fingerprint density at radius 3 is 2.69 bits per heavy atom. The smallest absolute Gasteiger partial charge is 0.307 e. The van der Waals surface area contributed by atoms with Crippen molar-refractivity contribution < 1.29 is 18.8 Å². The molecule has 10 nitrogen and oxygen atoms in total. The predicted octanol–water partition coefficient (Wildman–Crippen LogP) is 3.82. The Morgan fingerprint density at radius 2 is 1.91 bits per heavy atom. The number of benzene rings is 1. The fourth-order valence-corrected chi connectivity index (χ4v) is 6.98. The average Bonchev–Trinajstić information content (AvgIpc) is 3.53. The molecule has 4 aliphatic carbocycles. The lowest BCUT2D eigenvalue weighted by molar-refractivity contribution is -0.385. The van der Waals surface area contributed by atoms with Crippen LogP contribution in [0.3, 0.4) is 0 Å². The Hall–Kier alpha value is -3.43. The highest BCUT2D eigenvalue weighted by Crippen LogP contribution is 2.64. The van der Waals surface area contributed by atoms with Crippen LogP contribution < -0.4 is 9.47 Å². The van der Waals surface area contributed by atoms with E-state index in [1.807, 2.05) is 22.9 Å². The van der Waals surface area contributed by atoms with Crippen LogP contribution in [0.4, 0.5) is 5.69 Å². The zero-order valence-corrected chi connectivity index (χ0v) is 17.3. The van der Waals surface area contributed by atoms with Crippen LogP contribution in [-0.2, 0) is 11.0 Å². The first-order chi connectivity index (χ1) is 15.5. The van der Waals surface area contributed by atoms with Gasteiger partial charge in [0, 0.05) is 5.56 Å². The Morgan fingerprint density at radius 1 is 1.09 bits per heavy atom. The van der Waals surface area contributed by atoms with Crippen LogP contribution in [0.5, 0.6) is 11.5 Å². The highest BCUT2D eigenvalue weighted by atomic mass is 16.7. The third-order valence-electron chi connectivity index (χ3n) is 7.79. The van der Waals surface area contributed by atoms with Gasteiger partial charge in [-0.25, -0.2) is 0 Å². The Labute approximate surface area is 182 Å². The van der Waals surface area contributed by atoms with Gasteiger partial charge < -0.3 is 13.9 Å². The fourth-order valence-electron chi connectivity index (χ4n) is 6.98. The summed E-state index contributed by atoms with van der Waals surface area (Å²) in [6.45, 7) is 0.216. The number of ether oxygens (including phenoxy) is 2. The van der Waals surface area contributed by atoms with Crippen LogP contribution in [0.2, 0.25) is 0 Å². The van der Waals surface area contributed by atoms with E-state index in [0.717, 1.165) is 37.7 Å². The Balaban J connectivity index is 1.26. The number of hydrogen-bond acceptors (Lipinski definition) is 8. The van der Waals surface area contributed by atoms with E-state index in [2.05, 4.69) is 15.3 Å². The average molecular weight is 435 g/mol. The molecule has 1 aliphatic heterocycles. The maximum atomic E-state index is 11.2. The van der Waals surface area contributed by atoms with E-state index < -0.39 is 0 Å². The van der Waals surface area contributed by atoms with Crippen LogP contribution >= 0.6 is 0 Å². The molecule has 5 aliphatic rings. The number of rotatable bonds is 4. The molecular weight excluding hydrogens is 414 g/mol. The van der Waals surface area contributed by atoms with Gasteiger partial charge in [0.15, 0.2) is 11.5 Å². The summed E-state index contributed by atoms with van der Waals surface area (Å²) in [4.78, 5) is 10.9. The lowest BCUT2D eigenvalue weighted by Crippen LogP contribution is -2.58. The van der Waals surface area contributed by atoms with Crippen molar-refractivity contribution >= 4 is 5.69 Å². The molecule has 1 aromatic carbocycles. The molecule has 4 saturated carbocycles. The molecule has 10 heteroatoms. The summed E-state index contributed by atoms with van der Waals surface area (Å²) in [6.07, 6.45) is 8.96. The summed E-state index contributed by atoms with van der Waals surface area (Å²) in [5.74, 6) is 3.59. The summed E-state index contributed by atoms with van der Waals surface area (Å²) in [5, 5.41) is 24.5. The maximum absolute atomic E-state index is 11.2.